The van der Waals surface area contributed by atoms with Crippen LogP contribution >= 0.6 is 0 Å². The van der Waals surface area contributed by atoms with Crippen molar-refractivity contribution in [1.29, 1.82) is 0 Å². The second-order valence-corrected chi connectivity index (χ2v) is 6.98. The molecule has 0 unspecified atom stereocenters. The lowest BCUT2D eigenvalue weighted by Gasteiger charge is -2.13. The van der Waals surface area contributed by atoms with Gasteiger partial charge in [-0.15, -0.1) is 0 Å². The molecule has 4 nitrogen and oxygen atoms in total. The third-order valence-corrected chi connectivity index (χ3v) is 4.79. The molecule has 0 aliphatic rings. The molecule has 0 heterocycles. The lowest BCUT2D eigenvalue weighted by Crippen LogP contribution is -2.15. The molecule has 0 rings (SSSR count). The van der Waals surface area contributed by atoms with Crippen LogP contribution in [0.15, 0.2) is 11.1 Å². The van der Waals surface area contributed by atoms with Gasteiger partial charge in [-0.05, 0) is 25.7 Å². The maximum absolute atomic E-state index is 12.2. The summed E-state index contributed by atoms with van der Waals surface area (Å²) in [5.74, 6) is -0.769. The molecule has 0 aromatic rings. The van der Waals surface area contributed by atoms with Gasteiger partial charge in [0.15, 0.2) is 0 Å². The quantitative estimate of drug-likeness (QED) is 0.187. The summed E-state index contributed by atoms with van der Waals surface area (Å²) in [6, 6.07) is 0. The van der Waals surface area contributed by atoms with E-state index in [0.29, 0.717) is 24.0 Å². The Morgan fingerprint density at radius 2 is 0.846 bits per heavy atom. The fourth-order valence-electron chi connectivity index (χ4n) is 3.16. The van der Waals surface area contributed by atoms with Crippen molar-refractivity contribution in [3.8, 4) is 0 Å². The minimum atomic E-state index is -0.384. The zero-order valence-corrected chi connectivity index (χ0v) is 17.5. The number of esters is 2. The van der Waals surface area contributed by atoms with Crippen LogP contribution in [0.3, 0.4) is 0 Å². The molecule has 0 aliphatic heterocycles. The van der Waals surface area contributed by atoms with E-state index in [2.05, 4.69) is 13.8 Å². The van der Waals surface area contributed by atoms with Crippen LogP contribution in [-0.2, 0) is 19.1 Å². The Balaban J connectivity index is 4.78. The summed E-state index contributed by atoms with van der Waals surface area (Å²) < 4.78 is 9.88. The number of unbranched alkanes of at least 4 members (excludes halogenated alkanes) is 10. The summed E-state index contributed by atoms with van der Waals surface area (Å²) >= 11 is 0. The van der Waals surface area contributed by atoms with Gasteiger partial charge in [-0.25, -0.2) is 9.59 Å². The van der Waals surface area contributed by atoms with Crippen molar-refractivity contribution in [2.75, 3.05) is 14.2 Å². The number of methoxy groups -OCH3 is 2. The summed E-state index contributed by atoms with van der Waals surface area (Å²) in [5.41, 5.74) is 1.03. The summed E-state index contributed by atoms with van der Waals surface area (Å²) in [6.07, 6.45) is 14.9. The lowest BCUT2D eigenvalue weighted by molar-refractivity contribution is -0.139. The third-order valence-electron chi connectivity index (χ3n) is 4.79. The normalized spacial score (nSPS) is 11.8. The van der Waals surface area contributed by atoms with Gasteiger partial charge in [0.05, 0.1) is 14.2 Å². The zero-order chi connectivity index (χ0) is 19.6. The van der Waals surface area contributed by atoms with E-state index < -0.39 is 0 Å². The molecule has 4 heteroatoms. The van der Waals surface area contributed by atoms with Crippen LogP contribution in [0, 0.1) is 0 Å². The van der Waals surface area contributed by atoms with E-state index in [-0.39, 0.29) is 11.9 Å². The SMILES string of the molecule is CCCCCCCCC(C(=O)OC)=C(CCCCCCCC)C(=O)OC. The molecule has 0 bridgehead atoms. The average Bonchev–Trinajstić information content (AvgIpc) is 2.66. The van der Waals surface area contributed by atoms with Crippen LogP contribution < -0.4 is 0 Å². The molecule has 0 atom stereocenters. The Morgan fingerprint density at radius 1 is 0.538 bits per heavy atom. The number of rotatable bonds is 16. The number of hydrogen-bond donors (Lipinski definition) is 0. The van der Waals surface area contributed by atoms with Crippen LogP contribution in [0.4, 0.5) is 0 Å². The standard InChI is InChI=1S/C22H40O4/c1-5-7-9-11-13-15-17-19(21(23)25-3)20(22(24)26-4)18-16-14-12-10-8-6-2/h5-18H2,1-4H3. The topological polar surface area (TPSA) is 52.6 Å². The van der Waals surface area contributed by atoms with E-state index in [9.17, 15) is 9.59 Å². The first-order valence-corrected chi connectivity index (χ1v) is 10.5. The van der Waals surface area contributed by atoms with Crippen LogP contribution in [0.1, 0.15) is 104 Å². The van der Waals surface area contributed by atoms with E-state index in [1.54, 1.807) is 0 Å². The second-order valence-electron chi connectivity index (χ2n) is 6.98. The summed E-state index contributed by atoms with van der Waals surface area (Å²) in [6.45, 7) is 4.39. The van der Waals surface area contributed by atoms with Crippen LogP contribution in [0.2, 0.25) is 0 Å². The van der Waals surface area contributed by atoms with Gasteiger partial charge in [0.2, 0.25) is 0 Å². The highest BCUT2D eigenvalue weighted by Gasteiger charge is 2.21. The van der Waals surface area contributed by atoms with Crippen LogP contribution in [0.5, 0.6) is 0 Å². The van der Waals surface area contributed by atoms with Crippen molar-refractivity contribution < 1.29 is 19.1 Å². The van der Waals surface area contributed by atoms with Crippen molar-refractivity contribution in [1.82, 2.24) is 0 Å². The molecule has 0 aromatic carbocycles. The maximum atomic E-state index is 12.2. The molecule has 0 saturated carbocycles. The van der Waals surface area contributed by atoms with Crippen molar-refractivity contribution in [2.24, 2.45) is 0 Å². The monoisotopic (exact) mass is 368 g/mol. The minimum Gasteiger partial charge on any atom is -0.466 e. The van der Waals surface area contributed by atoms with E-state index >= 15 is 0 Å². The third kappa shape index (κ3) is 11.3. The van der Waals surface area contributed by atoms with Gasteiger partial charge in [-0.1, -0.05) is 78.1 Å². The van der Waals surface area contributed by atoms with Crippen molar-refractivity contribution >= 4 is 11.9 Å². The highest BCUT2D eigenvalue weighted by Crippen LogP contribution is 2.22. The number of carbonyl (C=O) groups excluding carboxylic acids is 2. The highest BCUT2D eigenvalue weighted by molar-refractivity contribution is 6.00. The molecular weight excluding hydrogens is 328 g/mol. The predicted octanol–water partition coefficient (Wildman–Crippen LogP) is 6.13. The summed E-state index contributed by atoms with van der Waals surface area (Å²) in [5, 5.41) is 0. The smallest absolute Gasteiger partial charge is 0.334 e. The second kappa shape index (κ2) is 17.1. The van der Waals surface area contributed by atoms with Gasteiger partial charge in [-0.3, -0.25) is 0 Å². The number of ether oxygens (including phenoxy) is 2. The van der Waals surface area contributed by atoms with E-state index in [4.69, 9.17) is 9.47 Å². The molecule has 0 radical (unpaired) electrons. The van der Waals surface area contributed by atoms with E-state index in [1.807, 2.05) is 0 Å². The maximum Gasteiger partial charge on any atom is 0.334 e. The Hall–Kier alpha value is -1.32. The molecular formula is C22H40O4. The first-order valence-electron chi connectivity index (χ1n) is 10.5. The Kier molecular flexibility index (Phi) is 16.2. The molecule has 152 valence electrons. The average molecular weight is 369 g/mol. The van der Waals surface area contributed by atoms with Crippen molar-refractivity contribution in [3.63, 3.8) is 0 Å². The van der Waals surface area contributed by atoms with E-state index in [0.717, 1.165) is 25.7 Å². The first kappa shape index (κ1) is 24.7. The van der Waals surface area contributed by atoms with Gasteiger partial charge in [0.1, 0.15) is 0 Å². The van der Waals surface area contributed by atoms with Gasteiger partial charge < -0.3 is 9.47 Å². The molecule has 0 fully saturated rings. The van der Waals surface area contributed by atoms with Crippen LogP contribution in [0.25, 0.3) is 0 Å². The molecule has 0 N–H and O–H groups in total. The molecule has 0 spiro atoms. The molecule has 26 heavy (non-hydrogen) atoms. The van der Waals surface area contributed by atoms with Crippen molar-refractivity contribution in [3.05, 3.63) is 11.1 Å². The van der Waals surface area contributed by atoms with Gasteiger partial charge in [-0.2, -0.15) is 0 Å². The predicted molar refractivity (Wildman–Crippen MR) is 107 cm³/mol. The first-order chi connectivity index (χ1) is 12.6. The lowest BCUT2D eigenvalue weighted by atomic mass is 9.96. The van der Waals surface area contributed by atoms with Gasteiger partial charge in [0, 0.05) is 11.1 Å². The molecule has 0 aromatic heterocycles. The Morgan fingerprint density at radius 3 is 1.15 bits per heavy atom. The number of hydrogen-bond acceptors (Lipinski definition) is 4. The highest BCUT2D eigenvalue weighted by atomic mass is 16.5. The molecule has 0 aliphatic carbocycles. The largest absolute Gasteiger partial charge is 0.466 e. The molecule has 0 saturated heterocycles. The fraction of sp³-hybridized carbons (Fsp3) is 0.818. The van der Waals surface area contributed by atoms with Crippen LogP contribution in [-0.4, -0.2) is 26.2 Å². The minimum absolute atomic E-state index is 0.384. The molecule has 0 amide bonds. The fourth-order valence-corrected chi connectivity index (χ4v) is 3.16. The summed E-state index contributed by atoms with van der Waals surface area (Å²) in [4.78, 5) is 24.5. The summed E-state index contributed by atoms with van der Waals surface area (Å²) in [7, 11) is 2.76. The van der Waals surface area contributed by atoms with Gasteiger partial charge >= 0.3 is 11.9 Å². The Labute approximate surface area is 160 Å². The van der Waals surface area contributed by atoms with E-state index in [1.165, 1.54) is 65.6 Å². The van der Waals surface area contributed by atoms with Crippen molar-refractivity contribution in [2.45, 2.75) is 104 Å². The number of carbonyl (C=O) groups is 2. The Bertz CT molecular complexity index is 374. The zero-order valence-electron chi connectivity index (χ0n) is 17.5. The van der Waals surface area contributed by atoms with Gasteiger partial charge in [0.25, 0.3) is 0 Å².